The van der Waals surface area contributed by atoms with Gasteiger partial charge in [-0.25, -0.2) is 4.39 Å². The van der Waals surface area contributed by atoms with Gasteiger partial charge in [-0.1, -0.05) is 0 Å². The Balaban J connectivity index is 2.02. The monoisotopic (exact) mass is 292 g/mol. The first-order chi connectivity index (χ1) is 9.56. The number of benzene rings is 1. The molecule has 1 atom stereocenters. The van der Waals surface area contributed by atoms with Crippen molar-refractivity contribution in [3.63, 3.8) is 0 Å². The number of anilines is 2. The second kappa shape index (κ2) is 6.67. The van der Waals surface area contributed by atoms with E-state index in [2.05, 4.69) is 10.1 Å². The summed E-state index contributed by atoms with van der Waals surface area (Å²) in [4.78, 5) is 0. The molecule has 2 rings (SSSR count). The molecule has 0 radical (unpaired) electrons. The molecule has 1 aliphatic heterocycles. The van der Waals surface area contributed by atoms with Gasteiger partial charge in [0.05, 0.1) is 37.3 Å². The predicted molar refractivity (Wildman–Crippen MR) is 66.5 cm³/mol. The van der Waals surface area contributed by atoms with Gasteiger partial charge in [0.15, 0.2) is 11.6 Å². The fraction of sp³-hybridized carbons (Fsp3) is 0.500. The second-order valence-electron chi connectivity index (χ2n) is 4.20. The summed E-state index contributed by atoms with van der Waals surface area (Å²) in [5, 5.41) is 2.90. The Bertz CT molecular complexity index is 454. The average Bonchev–Trinajstić information content (AvgIpc) is 2.41. The van der Waals surface area contributed by atoms with Gasteiger partial charge in [-0.05, 0) is 0 Å². The molecule has 0 aliphatic carbocycles. The largest absolute Gasteiger partial charge is 0.432 e. The van der Waals surface area contributed by atoms with Crippen LogP contribution in [0.15, 0.2) is 12.1 Å². The first-order valence-corrected chi connectivity index (χ1v) is 6.03. The van der Waals surface area contributed by atoms with Crippen molar-refractivity contribution in [3.05, 3.63) is 17.9 Å². The molecule has 0 saturated carbocycles. The smallest absolute Gasteiger partial charge is 0.387 e. The quantitative estimate of drug-likeness (QED) is 0.811. The molecule has 3 N–H and O–H groups in total. The SMILES string of the molecule is Nc1cc(F)c(OC(F)F)cc1NCC1COCCO1. The highest BCUT2D eigenvalue weighted by molar-refractivity contribution is 5.68. The summed E-state index contributed by atoms with van der Waals surface area (Å²) < 4.78 is 52.3. The lowest BCUT2D eigenvalue weighted by atomic mass is 10.2. The number of nitrogen functional groups attached to an aromatic ring is 1. The van der Waals surface area contributed by atoms with E-state index in [1.54, 1.807) is 0 Å². The zero-order valence-corrected chi connectivity index (χ0v) is 10.6. The van der Waals surface area contributed by atoms with E-state index in [1.165, 1.54) is 0 Å². The number of ether oxygens (including phenoxy) is 3. The summed E-state index contributed by atoms with van der Waals surface area (Å²) in [5.41, 5.74) is 6.02. The Labute approximate surface area is 113 Å². The third kappa shape index (κ3) is 3.91. The van der Waals surface area contributed by atoms with Crippen molar-refractivity contribution in [3.8, 4) is 5.75 Å². The Hall–Kier alpha value is -1.67. The Kier molecular flexibility index (Phi) is 4.91. The molecular weight excluding hydrogens is 277 g/mol. The second-order valence-corrected chi connectivity index (χ2v) is 4.20. The standard InChI is InChI=1S/C12H15F3N2O3/c13-8-3-9(16)10(4-11(8)20-12(14)15)17-5-7-6-18-1-2-19-7/h3-4,7,12,17H,1-2,5-6,16H2. The number of nitrogens with one attached hydrogen (secondary N) is 1. The molecule has 1 aliphatic rings. The summed E-state index contributed by atoms with van der Waals surface area (Å²) in [6.45, 7) is -1.28. The molecule has 8 heteroatoms. The van der Waals surface area contributed by atoms with Crippen molar-refractivity contribution in [1.82, 2.24) is 0 Å². The number of rotatable bonds is 5. The highest BCUT2D eigenvalue weighted by Gasteiger charge is 2.16. The lowest BCUT2D eigenvalue weighted by molar-refractivity contribution is -0.0818. The topological polar surface area (TPSA) is 65.7 Å². The van der Waals surface area contributed by atoms with Gasteiger partial charge in [0.25, 0.3) is 0 Å². The van der Waals surface area contributed by atoms with Crippen LogP contribution in [-0.4, -0.2) is 39.1 Å². The fourth-order valence-electron chi connectivity index (χ4n) is 1.79. The van der Waals surface area contributed by atoms with Gasteiger partial charge in [0.2, 0.25) is 0 Å². The highest BCUT2D eigenvalue weighted by atomic mass is 19.3. The van der Waals surface area contributed by atoms with Gasteiger partial charge >= 0.3 is 6.61 Å². The first kappa shape index (κ1) is 14.7. The Morgan fingerprint density at radius 1 is 1.40 bits per heavy atom. The van der Waals surface area contributed by atoms with Crippen LogP contribution in [0.2, 0.25) is 0 Å². The molecule has 1 fully saturated rings. The molecule has 1 saturated heterocycles. The maximum absolute atomic E-state index is 13.4. The Morgan fingerprint density at radius 2 is 2.20 bits per heavy atom. The zero-order chi connectivity index (χ0) is 14.5. The molecule has 0 aromatic heterocycles. The van der Waals surface area contributed by atoms with Gasteiger partial charge in [-0.3, -0.25) is 0 Å². The third-order valence-corrected chi connectivity index (χ3v) is 2.73. The minimum absolute atomic E-state index is 0.0980. The summed E-state index contributed by atoms with van der Waals surface area (Å²) in [6.07, 6.45) is -0.173. The summed E-state index contributed by atoms with van der Waals surface area (Å²) in [6, 6.07) is 2.03. The van der Waals surface area contributed by atoms with Crippen molar-refractivity contribution < 1.29 is 27.4 Å². The predicted octanol–water partition coefficient (Wildman–Crippen LogP) is 1.84. The van der Waals surface area contributed by atoms with E-state index >= 15 is 0 Å². The zero-order valence-electron chi connectivity index (χ0n) is 10.6. The normalized spacial score (nSPS) is 19.1. The van der Waals surface area contributed by atoms with Gasteiger partial charge < -0.3 is 25.3 Å². The van der Waals surface area contributed by atoms with E-state index in [4.69, 9.17) is 15.2 Å². The van der Waals surface area contributed by atoms with Crippen molar-refractivity contribution in [2.75, 3.05) is 37.4 Å². The van der Waals surface area contributed by atoms with Crippen LogP contribution in [0.1, 0.15) is 0 Å². The van der Waals surface area contributed by atoms with Gasteiger partial charge in [-0.15, -0.1) is 0 Å². The maximum Gasteiger partial charge on any atom is 0.387 e. The fourth-order valence-corrected chi connectivity index (χ4v) is 1.79. The van der Waals surface area contributed by atoms with E-state index in [0.29, 0.717) is 32.1 Å². The van der Waals surface area contributed by atoms with Crippen LogP contribution in [0.5, 0.6) is 5.75 Å². The van der Waals surface area contributed by atoms with Crippen LogP contribution in [0.3, 0.4) is 0 Å². The van der Waals surface area contributed by atoms with E-state index in [-0.39, 0.29) is 11.8 Å². The van der Waals surface area contributed by atoms with E-state index < -0.39 is 18.2 Å². The van der Waals surface area contributed by atoms with E-state index in [1.807, 2.05) is 0 Å². The summed E-state index contributed by atoms with van der Waals surface area (Å²) >= 11 is 0. The molecule has 20 heavy (non-hydrogen) atoms. The molecule has 1 aromatic rings. The summed E-state index contributed by atoms with van der Waals surface area (Å²) in [5.74, 6) is -1.50. The minimum atomic E-state index is -3.10. The van der Waals surface area contributed by atoms with E-state index in [0.717, 1.165) is 12.1 Å². The molecular formula is C12H15F3N2O3. The molecule has 1 unspecified atom stereocenters. The van der Waals surface area contributed by atoms with Crippen LogP contribution in [0, 0.1) is 5.82 Å². The van der Waals surface area contributed by atoms with Gasteiger partial charge in [0, 0.05) is 18.7 Å². The number of hydrogen-bond donors (Lipinski definition) is 2. The van der Waals surface area contributed by atoms with Crippen LogP contribution in [-0.2, 0) is 9.47 Å². The van der Waals surface area contributed by atoms with E-state index in [9.17, 15) is 13.2 Å². The lowest BCUT2D eigenvalue weighted by Crippen LogP contribution is -2.34. The van der Waals surface area contributed by atoms with Crippen molar-refractivity contribution >= 4 is 11.4 Å². The third-order valence-electron chi connectivity index (χ3n) is 2.73. The molecule has 112 valence electrons. The highest BCUT2D eigenvalue weighted by Crippen LogP contribution is 2.29. The van der Waals surface area contributed by atoms with Crippen molar-refractivity contribution in [2.45, 2.75) is 12.7 Å². The number of alkyl halides is 2. The van der Waals surface area contributed by atoms with Crippen molar-refractivity contribution in [1.29, 1.82) is 0 Å². The van der Waals surface area contributed by atoms with Crippen molar-refractivity contribution in [2.24, 2.45) is 0 Å². The number of nitrogens with two attached hydrogens (primary N) is 1. The van der Waals surface area contributed by atoms with Crippen LogP contribution in [0.25, 0.3) is 0 Å². The Morgan fingerprint density at radius 3 is 2.85 bits per heavy atom. The van der Waals surface area contributed by atoms with Crippen LogP contribution < -0.4 is 15.8 Å². The minimum Gasteiger partial charge on any atom is -0.432 e. The summed E-state index contributed by atoms with van der Waals surface area (Å²) in [7, 11) is 0. The maximum atomic E-state index is 13.4. The molecule has 0 amide bonds. The molecule has 0 spiro atoms. The lowest BCUT2D eigenvalue weighted by Gasteiger charge is -2.24. The number of hydrogen-bond acceptors (Lipinski definition) is 5. The molecule has 0 bridgehead atoms. The molecule has 1 aromatic carbocycles. The van der Waals surface area contributed by atoms with Crippen LogP contribution >= 0.6 is 0 Å². The van der Waals surface area contributed by atoms with Gasteiger partial charge in [-0.2, -0.15) is 8.78 Å². The van der Waals surface area contributed by atoms with Crippen LogP contribution in [0.4, 0.5) is 24.5 Å². The molecule has 1 heterocycles. The number of halogens is 3. The molecule has 5 nitrogen and oxygen atoms in total. The first-order valence-electron chi connectivity index (χ1n) is 6.03. The average molecular weight is 292 g/mol. The van der Waals surface area contributed by atoms with Gasteiger partial charge in [0.1, 0.15) is 0 Å².